The third kappa shape index (κ3) is 4.19. The molecule has 1 heterocycles. The van der Waals surface area contributed by atoms with Crippen LogP contribution in [0.5, 0.6) is 11.5 Å². The lowest BCUT2D eigenvalue weighted by molar-refractivity contribution is -0.121. The van der Waals surface area contributed by atoms with Crippen molar-refractivity contribution in [1.82, 2.24) is 4.90 Å². The molecule has 0 spiro atoms. The fraction of sp³-hybridized carbons (Fsp3) is 0.562. The summed E-state index contributed by atoms with van der Waals surface area (Å²) in [5.41, 5.74) is 0.820. The van der Waals surface area contributed by atoms with Crippen molar-refractivity contribution in [3.05, 3.63) is 23.8 Å². The van der Waals surface area contributed by atoms with E-state index in [1.54, 1.807) is 20.3 Å². The number of hydrogen-bond acceptors (Lipinski definition) is 5. The van der Waals surface area contributed by atoms with Crippen LogP contribution in [-0.2, 0) is 4.79 Å². The fourth-order valence-corrected chi connectivity index (χ4v) is 2.56. The van der Waals surface area contributed by atoms with Crippen LogP contribution >= 0.6 is 0 Å². The molecular formula is C16H23NO4. The van der Waals surface area contributed by atoms with E-state index < -0.39 is 6.10 Å². The van der Waals surface area contributed by atoms with Crippen molar-refractivity contribution in [2.24, 2.45) is 0 Å². The van der Waals surface area contributed by atoms with Gasteiger partial charge in [0.25, 0.3) is 0 Å². The van der Waals surface area contributed by atoms with Gasteiger partial charge in [-0.25, -0.2) is 0 Å². The van der Waals surface area contributed by atoms with Crippen molar-refractivity contribution in [2.75, 3.05) is 33.9 Å². The lowest BCUT2D eigenvalue weighted by Crippen LogP contribution is -2.35. The number of methoxy groups -OCH3 is 2. The monoisotopic (exact) mass is 293 g/mol. The Morgan fingerprint density at radius 3 is 2.48 bits per heavy atom. The number of nitrogens with zero attached hydrogens (tertiary/aromatic N) is 1. The van der Waals surface area contributed by atoms with Gasteiger partial charge in [-0.1, -0.05) is 6.07 Å². The number of likely N-dealkylation sites (tertiary alicyclic amines) is 1. The van der Waals surface area contributed by atoms with Gasteiger partial charge in [-0.15, -0.1) is 0 Å². The van der Waals surface area contributed by atoms with Gasteiger partial charge >= 0.3 is 0 Å². The van der Waals surface area contributed by atoms with Crippen LogP contribution in [0, 0.1) is 0 Å². The molecule has 1 unspecified atom stereocenters. The van der Waals surface area contributed by atoms with Crippen LogP contribution in [0.1, 0.15) is 30.9 Å². The maximum atomic E-state index is 11.2. The molecule has 0 radical (unpaired) electrons. The Bertz CT molecular complexity index is 479. The first-order valence-corrected chi connectivity index (χ1v) is 7.28. The molecule has 1 atom stereocenters. The Balaban J connectivity index is 1.90. The van der Waals surface area contributed by atoms with Crippen molar-refractivity contribution in [1.29, 1.82) is 0 Å². The van der Waals surface area contributed by atoms with Gasteiger partial charge in [0.15, 0.2) is 11.5 Å². The van der Waals surface area contributed by atoms with Gasteiger partial charge in [-0.3, -0.25) is 4.79 Å². The molecule has 21 heavy (non-hydrogen) atoms. The second-order valence-electron chi connectivity index (χ2n) is 5.30. The minimum Gasteiger partial charge on any atom is -0.493 e. The summed E-state index contributed by atoms with van der Waals surface area (Å²) in [5, 5.41) is 10.3. The quantitative estimate of drug-likeness (QED) is 0.866. The summed E-state index contributed by atoms with van der Waals surface area (Å²) in [7, 11) is 3.17. The topological polar surface area (TPSA) is 59.0 Å². The standard InChI is InChI=1S/C16H23NO4/c1-20-15-4-3-12(11-16(15)21-2)14(19)7-10-17-8-5-13(18)6-9-17/h3-4,11,14,19H,5-10H2,1-2H3. The highest BCUT2D eigenvalue weighted by Gasteiger charge is 2.18. The lowest BCUT2D eigenvalue weighted by atomic mass is 10.0. The zero-order chi connectivity index (χ0) is 15.2. The van der Waals surface area contributed by atoms with E-state index in [-0.39, 0.29) is 0 Å². The minimum absolute atomic E-state index is 0.340. The van der Waals surface area contributed by atoms with Crippen molar-refractivity contribution >= 4 is 5.78 Å². The van der Waals surface area contributed by atoms with E-state index in [2.05, 4.69) is 4.90 Å². The summed E-state index contributed by atoms with van der Waals surface area (Å²) in [6.45, 7) is 2.40. The maximum absolute atomic E-state index is 11.2. The molecule has 1 aromatic rings. The Labute approximate surface area is 125 Å². The first kappa shape index (κ1) is 15.8. The minimum atomic E-state index is -0.539. The van der Waals surface area contributed by atoms with Gasteiger partial charge in [0.1, 0.15) is 5.78 Å². The molecule has 0 aliphatic carbocycles. The highest BCUT2D eigenvalue weighted by atomic mass is 16.5. The highest BCUT2D eigenvalue weighted by molar-refractivity contribution is 5.79. The molecule has 1 aliphatic rings. The molecule has 2 rings (SSSR count). The van der Waals surface area contributed by atoms with Crippen molar-refractivity contribution in [3.63, 3.8) is 0 Å². The van der Waals surface area contributed by atoms with Crippen LogP contribution in [0.3, 0.4) is 0 Å². The van der Waals surface area contributed by atoms with E-state index in [0.29, 0.717) is 36.5 Å². The van der Waals surface area contributed by atoms with E-state index in [0.717, 1.165) is 25.2 Å². The molecule has 1 N–H and O–H groups in total. The molecule has 1 saturated heterocycles. The lowest BCUT2D eigenvalue weighted by Gasteiger charge is -2.26. The first-order valence-electron chi connectivity index (χ1n) is 7.28. The summed E-state index contributed by atoms with van der Waals surface area (Å²) >= 11 is 0. The van der Waals surface area contributed by atoms with Crippen LogP contribution in [-0.4, -0.2) is 49.6 Å². The zero-order valence-electron chi connectivity index (χ0n) is 12.7. The average Bonchev–Trinajstić information content (AvgIpc) is 2.53. The largest absolute Gasteiger partial charge is 0.493 e. The second-order valence-corrected chi connectivity index (χ2v) is 5.30. The van der Waals surface area contributed by atoms with Crippen molar-refractivity contribution in [3.8, 4) is 11.5 Å². The Hall–Kier alpha value is -1.59. The van der Waals surface area contributed by atoms with E-state index >= 15 is 0 Å². The number of piperidine rings is 1. The number of ketones is 1. The molecular weight excluding hydrogens is 270 g/mol. The molecule has 0 amide bonds. The number of carbonyl (C=O) groups excluding carboxylic acids is 1. The molecule has 1 fully saturated rings. The van der Waals surface area contributed by atoms with E-state index in [1.165, 1.54) is 0 Å². The number of aliphatic hydroxyl groups is 1. The molecule has 1 aromatic carbocycles. The van der Waals surface area contributed by atoms with E-state index in [9.17, 15) is 9.90 Å². The SMILES string of the molecule is COc1ccc(C(O)CCN2CCC(=O)CC2)cc1OC. The molecule has 5 heteroatoms. The number of Topliss-reactive ketones (excluding diaryl/α,β-unsaturated/α-hetero) is 1. The number of hydrogen-bond donors (Lipinski definition) is 1. The van der Waals surface area contributed by atoms with Crippen LogP contribution in [0.15, 0.2) is 18.2 Å². The number of aliphatic hydroxyl groups excluding tert-OH is 1. The van der Waals surface area contributed by atoms with Gasteiger partial charge in [0.2, 0.25) is 0 Å². The first-order chi connectivity index (χ1) is 10.1. The normalized spacial score (nSPS) is 17.6. The van der Waals surface area contributed by atoms with Crippen molar-refractivity contribution in [2.45, 2.75) is 25.4 Å². The smallest absolute Gasteiger partial charge is 0.161 e. The van der Waals surface area contributed by atoms with Gasteiger partial charge in [-0.2, -0.15) is 0 Å². The zero-order valence-corrected chi connectivity index (χ0v) is 12.7. The molecule has 1 aliphatic heterocycles. The summed E-state index contributed by atoms with van der Waals surface area (Å²) in [6, 6.07) is 5.46. The predicted octanol–water partition coefficient (Wildman–Crippen LogP) is 1.79. The average molecular weight is 293 g/mol. The van der Waals surface area contributed by atoms with Crippen LogP contribution in [0.2, 0.25) is 0 Å². The Morgan fingerprint density at radius 2 is 1.86 bits per heavy atom. The van der Waals surface area contributed by atoms with Crippen LogP contribution in [0.4, 0.5) is 0 Å². The van der Waals surface area contributed by atoms with Gasteiger partial charge < -0.3 is 19.5 Å². The molecule has 5 nitrogen and oxygen atoms in total. The fourth-order valence-electron chi connectivity index (χ4n) is 2.56. The van der Waals surface area contributed by atoms with E-state index in [4.69, 9.17) is 9.47 Å². The number of carbonyl (C=O) groups is 1. The molecule has 0 bridgehead atoms. The summed E-state index contributed by atoms with van der Waals surface area (Å²) in [4.78, 5) is 13.4. The Morgan fingerprint density at radius 1 is 1.19 bits per heavy atom. The van der Waals surface area contributed by atoms with Gasteiger partial charge in [0, 0.05) is 32.5 Å². The second kappa shape index (κ2) is 7.43. The maximum Gasteiger partial charge on any atom is 0.161 e. The van der Waals surface area contributed by atoms with Gasteiger partial charge in [0.05, 0.1) is 20.3 Å². The van der Waals surface area contributed by atoms with Crippen molar-refractivity contribution < 1.29 is 19.4 Å². The molecule has 116 valence electrons. The summed E-state index contributed by atoms with van der Waals surface area (Å²) in [6.07, 6.45) is 1.37. The summed E-state index contributed by atoms with van der Waals surface area (Å²) in [5.74, 6) is 1.62. The highest BCUT2D eigenvalue weighted by Crippen LogP contribution is 2.30. The number of ether oxygens (including phenoxy) is 2. The third-order valence-corrected chi connectivity index (χ3v) is 3.92. The van der Waals surface area contributed by atoms with E-state index in [1.807, 2.05) is 12.1 Å². The summed E-state index contributed by atoms with van der Waals surface area (Å²) < 4.78 is 10.4. The molecule has 0 saturated carbocycles. The molecule has 0 aromatic heterocycles. The van der Waals surface area contributed by atoms with Crippen LogP contribution < -0.4 is 9.47 Å². The van der Waals surface area contributed by atoms with Gasteiger partial charge in [-0.05, 0) is 24.1 Å². The third-order valence-electron chi connectivity index (χ3n) is 3.92. The predicted molar refractivity (Wildman–Crippen MR) is 79.8 cm³/mol. The van der Waals surface area contributed by atoms with Crippen LogP contribution in [0.25, 0.3) is 0 Å². The number of rotatable bonds is 6. The number of benzene rings is 1. The Kier molecular flexibility index (Phi) is 5.59.